The SMILES string of the molecule is C[C@H](OC(=O)CN1C(=O)NC2(CCCC2)C1=O)C(=O)N[C@H](C)c1ccc(F)cc1. The van der Waals surface area contributed by atoms with Crippen LogP contribution in [0.4, 0.5) is 9.18 Å². The van der Waals surface area contributed by atoms with Crippen molar-refractivity contribution in [2.24, 2.45) is 0 Å². The number of nitrogens with one attached hydrogen (secondary N) is 2. The quantitative estimate of drug-likeness (QED) is 0.555. The molecule has 0 radical (unpaired) electrons. The van der Waals surface area contributed by atoms with Gasteiger partial charge in [0.2, 0.25) is 0 Å². The number of hydrogen-bond acceptors (Lipinski definition) is 5. The molecule has 4 amide bonds. The first-order valence-corrected chi connectivity index (χ1v) is 9.61. The standard InChI is InChI=1S/C20H24FN3O5/c1-12(14-5-7-15(21)8-6-14)22-17(26)13(2)29-16(25)11-24-18(27)20(23-19(24)28)9-3-4-10-20/h5-8,12-13H,3-4,9-11H2,1-2H3,(H,22,26)(H,23,28)/t12-,13+/m1/s1. The lowest BCUT2D eigenvalue weighted by Crippen LogP contribution is -2.45. The molecule has 1 spiro atoms. The van der Waals surface area contributed by atoms with E-state index >= 15 is 0 Å². The molecule has 1 aromatic rings. The van der Waals surface area contributed by atoms with Crippen molar-refractivity contribution in [1.82, 2.24) is 15.5 Å². The van der Waals surface area contributed by atoms with Gasteiger partial charge >= 0.3 is 12.0 Å². The van der Waals surface area contributed by atoms with E-state index in [9.17, 15) is 23.6 Å². The van der Waals surface area contributed by atoms with Gasteiger partial charge in [-0.15, -0.1) is 0 Å². The summed E-state index contributed by atoms with van der Waals surface area (Å²) in [5, 5.41) is 5.36. The molecule has 1 heterocycles. The van der Waals surface area contributed by atoms with Crippen molar-refractivity contribution in [2.75, 3.05) is 6.54 Å². The topological polar surface area (TPSA) is 105 Å². The first-order chi connectivity index (χ1) is 13.7. The molecule has 1 saturated carbocycles. The maximum atomic E-state index is 13.0. The van der Waals surface area contributed by atoms with E-state index < -0.39 is 48.0 Å². The number of benzene rings is 1. The molecule has 1 aromatic carbocycles. The van der Waals surface area contributed by atoms with E-state index in [1.807, 2.05) is 0 Å². The number of amides is 4. The molecule has 156 valence electrons. The minimum absolute atomic E-state index is 0.380. The Morgan fingerprint density at radius 3 is 2.45 bits per heavy atom. The molecule has 1 saturated heterocycles. The Kier molecular flexibility index (Phi) is 5.86. The van der Waals surface area contributed by atoms with E-state index in [0.29, 0.717) is 18.4 Å². The lowest BCUT2D eigenvalue weighted by atomic mass is 9.98. The maximum absolute atomic E-state index is 13.0. The van der Waals surface area contributed by atoms with Crippen LogP contribution < -0.4 is 10.6 Å². The van der Waals surface area contributed by atoms with E-state index in [0.717, 1.165) is 17.7 Å². The molecule has 9 heteroatoms. The van der Waals surface area contributed by atoms with Crippen molar-refractivity contribution in [1.29, 1.82) is 0 Å². The number of halogens is 1. The monoisotopic (exact) mass is 405 g/mol. The van der Waals surface area contributed by atoms with Gasteiger partial charge in [0, 0.05) is 0 Å². The van der Waals surface area contributed by atoms with Crippen molar-refractivity contribution >= 4 is 23.8 Å². The summed E-state index contributed by atoms with van der Waals surface area (Å²) in [6.45, 7) is 2.57. The molecular weight excluding hydrogens is 381 g/mol. The molecule has 0 aromatic heterocycles. The Hall–Kier alpha value is -2.97. The molecule has 1 aliphatic carbocycles. The second-order valence-electron chi connectivity index (χ2n) is 7.52. The zero-order chi connectivity index (χ0) is 21.2. The summed E-state index contributed by atoms with van der Waals surface area (Å²) in [6.07, 6.45) is 1.68. The first kappa shape index (κ1) is 20.8. The highest BCUT2D eigenvalue weighted by molar-refractivity contribution is 6.08. The molecule has 0 bridgehead atoms. The highest BCUT2D eigenvalue weighted by Gasteiger charge is 2.52. The Bertz CT molecular complexity index is 820. The fraction of sp³-hybridized carbons (Fsp3) is 0.500. The number of imide groups is 1. The Balaban J connectivity index is 1.52. The average molecular weight is 405 g/mol. The molecule has 2 aliphatic rings. The summed E-state index contributed by atoms with van der Waals surface area (Å²) in [4.78, 5) is 50.0. The van der Waals surface area contributed by atoms with Crippen LogP contribution in [0.1, 0.15) is 51.1 Å². The van der Waals surface area contributed by atoms with Crippen LogP contribution in [-0.2, 0) is 19.1 Å². The van der Waals surface area contributed by atoms with E-state index in [2.05, 4.69) is 10.6 Å². The number of carbonyl (C=O) groups excluding carboxylic acids is 4. The minimum Gasteiger partial charge on any atom is -0.451 e. The summed E-state index contributed by atoms with van der Waals surface area (Å²) >= 11 is 0. The molecule has 29 heavy (non-hydrogen) atoms. The largest absolute Gasteiger partial charge is 0.451 e. The van der Waals surface area contributed by atoms with Crippen molar-refractivity contribution in [3.05, 3.63) is 35.6 Å². The van der Waals surface area contributed by atoms with Gasteiger partial charge in [-0.3, -0.25) is 19.3 Å². The molecular formula is C20H24FN3O5. The van der Waals surface area contributed by atoms with E-state index in [1.165, 1.54) is 19.1 Å². The van der Waals surface area contributed by atoms with Gasteiger partial charge in [0.05, 0.1) is 6.04 Å². The molecule has 1 aliphatic heterocycles. The zero-order valence-electron chi connectivity index (χ0n) is 16.4. The average Bonchev–Trinajstić information content (AvgIpc) is 3.23. The third-order valence-electron chi connectivity index (χ3n) is 5.40. The molecule has 2 N–H and O–H groups in total. The van der Waals surface area contributed by atoms with Crippen molar-refractivity contribution in [2.45, 2.75) is 57.2 Å². The van der Waals surface area contributed by atoms with Crippen LogP contribution in [-0.4, -0.2) is 46.9 Å². The predicted molar refractivity (Wildman–Crippen MR) is 100.0 cm³/mol. The van der Waals surface area contributed by atoms with Gasteiger partial charge in [-0.05, 0) is 44.4 Å². The zero-order valence-corrected chi connectivity index (χ0v) is 16.4. The summed E-state index contributed by atoms with van der Waals surface area (Å²) in [7, 11) is 0. The number of rotatable bonds is 6. The Morgan fingerprint density at radius 1 is 1.21 bits per heavy atom. The number of ether oxygens (including phenoxy) is 1. The van der Waals surface area contributed by atoms with Crippen molar-refractivity contribution in [3.63, 3.8) is 0 Å². The molecule has 8 nitrogen and oxygen atoms in total. The third-order valence-corrected chi connectivity index (χ3v) is 5.40. The van der Waals surface area contributed by atoms with Gasteiger partial charge in [-0.2, -0.15) is 0 Å². The fourth-order valence-corrected chi connectivity index (χ4v) is 3.72. The minimum atomic E-state index is -1.12. The molecule has 2 atom stereocenters. The number of esters is 1. The van der Waals surface area contributed by atoms with E-state index in [-0.39, 0.29) is 5.82 Å². The van der Waals surface area contributed by atoms with Crippen LogP contribution in [0.5, 0.6) is 0 Å². The van der Waals surface area contributed by atoms with E-state index in [1.54, 1.807) is 19.1 Å². The predicted octanol–water partition coefficient (Wildman–Crippen LogP) is 1.80. The number of carbonyl (C=O) groups is 4. The number of nitrogens with zero attached hydrogens (tertiary/aromatic N) is 1. The molecule has 0 unspecified atom stereocenters. The molecule has 3 rings (SSSR count). The summed E-state index contributed by atoms with van der Waals surface area (Å²) < 4.78 is 18.1. The molecule has 2 fully saturated rings. The van der Waals surface area contributed by atoms with Gasteiger partial charge in [-0.25, -0.2) is 9.18 Å². The fourth-order valence-electron chi connectivity index (χ4n) is 3.72. The summed E-state index contributed by atoms with van der Waals surface area (Å²) in [5.74, 6) is -2.19. The lowest BCUT2D eigenvalue weighted by Gasteiger charge is -2.21. The lowest BCUT2D eigenvalue weighted by molar-refractivity contribution is -0.156. The summed E-state index contributed by atoms with van der Waals surface area (Å²) in [6, 6.07) is 4.64. The smallest absolute Gasteiger partial charge is 0.327 e. The van der Waals surface area contributed by atoms with Gasteiger partial charge < -0.3 is 15.4 Å². The van der Waals surface area contributed by atoms with Gasteiger partial charge in [0.1, 0.15) is 17.9 Å². The van der Waals surface area contributed by atoms with Gasteiger partial charge in [-0.1, -0.05) is 25.0 Å². The van der Waals surface area contributed by atoms with Crippen LogP contribution in [0.2, 0.25) is 0 Å². The van der Waals surface area contributed by atoms with E-state index in [4.69, 9.17) is 4.74 Å². The normalized spacial score (nSPS) is 19.8. The maximum Gasteiger partial charge on any atom is 0.327 e. The van der Waals surface area contributed by atoms with Crippen molar-refractivity contribution < 1.29 is 28.3 Å². The van der Waals surface area contributed by atoms with Crippen LogP contribution in [0.25, 0.3) is 0 Å². The van der Waals surface area contributed by atoms with Gasteiger partial charge in [0.25, 0.3) is 11.8 Å². The highest BCUT2D eigenvalue weighted by Crippen LogP contribution is 2.34. The number of hydrogen-bond donors (Lipinski definition) is 2. The second kappa shape index (κ2) is 8.18. The van der Waals surface area contributed by atoms with Crippen LogP contribution in [0.3, 0.4) is 0 Å². The van der Waals surface area contributed by atoms with Crippen molar-refractivity contribution in [3.8, 4) is 0 Å². The Labute approximate surface area is 167 Å². The summed E-state index contributed by atoms with van der Waals surface area (Å²) in [5.41, 5.74) is -0.204. The number of urea groups is 1. The Morgan fingerprint density at radius 2 is 1.83 bits per heavy atom. The van der Waals surface area contributed by atoms with Crippen LogP contribution in [0, 0.1) is 5.82 Å². The third kappa shape index (κ3) is 4.38. The van der Waals surface area contributed by atoms with Crippen LogP contribution in [0.15, 0.2) is 24.3 Å². The highest BCUT2D eigenvalue weighted by atomic mass is 19.1. The second-order valence-corrected chi connectivity index (χ2v) is 7.52. The van der Waals surface area contributed by atoms with Crippen LogP contribution >= 0.6 is 0 Å². The first-order valence-electron chi connectivity index (χ1n) is 9.61. The van der Waals surface area contributed by atoms with Gasteiger partial charge in [0.15, 0.2) is 6.10 Å².